The fourth-order valence-corrected chi connectivity index (χ4v) is 1.27. The van der Waals surface area contributed by atoms with Gasteiger partial charge in [0, 0.05) is 5.56 Å². The van der Waals surface area contributed by atoms with Crippen molar-refractivity contribution in [1.82, 2.24) is 0 Å². The van der Waals surface area contributed by atoms with Gasteiger partial charge in [0.1, 0.15) is 5.82 Å². The number of hydrogen-bond donors (Lipinski definition) is 1. The van der Waals surface area contributed by atoms with Crippen molar-refractivity contribution < 1.29 is 9.18 Å². The van der Waals surface area contributed by atoms with Crippen LogP contribution >= 0.6 is 11.6 Å². The highest BCUT2D eigenvalue weighted by Gasteiger charge is 2.12. The molecule has 0 fully saturated rings. The maximum atomic E-state index is 13.2. The Balaban J connectivity index is 3.26. The van der Waals surface area contributed by atoms with Crippen molar-refractivity contribution in [3.05, 3.63) is 34.1 Å². The number of hydrogen-bond acceptors (Lipinski definition) is 2. The number of rotatable bonds is 2. The Kier molecular flexibility index (Phi) is 3.01. The molecule has 0 aliphatic rings. The molecule has 4 heteroatoms. The van der Waals surface area contributed by atoms with E-state index in [1.165, 1.54) is 19.1 Å². The zero-order valence-corrected chi connectivity index (χ0v) is 7.86. The van der Waals surface area contributed by atoms with Gasteiger partial charge in [0.2, 0.25) is 0 Å². The van der Waals surface area contributed by atoms with Crippen molar-refractivity contribution in [3.63, 3.8) is 0 Å². The van der Waals surface area contributed by atoms with E-state index in [-0.39, 0.29) is 22.9 Å². The molecule has 2 nitrogen and oxygen atoms in total. The molecule has 0 aliphatic carbocycles. The van der Waals surface area contributed by atoms with Gasteiger partial charge in [0.25, 0.3) is 0 Å². The van der Waals surface area contributed by atoms with Gasteiger partial charge in [0.05, 0.1) is 11.6 Å². The summed E-state index contributed by atoms with van der Waals surface area (Å²) in [7, 11) is 0. The van der Waals surface area contributed by atoms with Crippen LogP contribution in [0.5, 0.6) is 0 Å². The van der Waals surface area contributed by atoms with Crippen LogP contribution in [0.15, 0.2) is 12.1 Å². The van der Waals surface area contributed by atoms with Gasteiger partial charge in [-0.25, -0.2) is 4.39 Å². The minimum absolute atomic E-state index is 0.0195. The second kappa shape index (κ2) is 3.85. The normalized spacial score (nSPS) is 10.2. The van der Waals surface area contributed by atoms with E-state index in [0.717, 1.165) is 0 Å². The van der Waals surface area contributed by atoms with Crippen LogP contribution in [0, 0.1) is 12.7 Å². The quantitative estimate of drug-likeness (QED) is 0.743. The summed E-state index contributed by atoms with van der Waals surface area (Å²) in [5, 5.41) is 0.0195. The van der Waals surface area contributed by atoms with Crippen molar-refractivity contribution in [3.8, 4) is 0 Å². The molecule has 0 radical (unpaired) electrons. The van der Waals surface area contributed by atoms with E-state index < -0.39 is 5.82 Å². The molecule has 0 saturated heterocycles. The summed E-state index contributed by atoms with van der Waals surface area (Å²) in [5.74, 6) is -0.839. The van der Waals surface area contributed by atoms with Crippen LogP contribution < -0.4 is 5.73 Å². The van der Waals surface area contributed by atoms with Crippen LogP contribution in [0.1, 0.15) is 15.9 Å². The molecule has 0 unspecified atom stereocenters. The van der Waals surface area contributed by atoms with Crippen LogP contribution in [-0.4, -0.2) is 12.3 Å². The molecule has 1 aromatic carbocycles. The molecule has 0 saturated carbocycles. The average Bonchev–Trinajstić information content (AvgIpc) is 2.13. The first-order valence-corrected chi connectivity index (χ1v) is 4.13. The van der Waals surface area contributed by atoms with E-state index in [9.17, 15) is 9.18 Å². The molecule has 70 valence electrons. The van der Waals surface area contributed by atoms with Gasteiger partial charge >= 0.3 is 0 Å². The maximum Gasteiger partial charge on any atom is 0.176 e. The lowest BCUT2D eigenvalue weighted by Crippen LogP contribution is -2.15. The SMILES string of the molecule is Cc1c(C(=O)CN)ccc(Cl)c1F. The van der Waals surface area contributed by atoms with Crippen LogP contribution in [0.25, 0.3) is 0 Å². The standard InChI is InChI=1S/C9H9ClFNO/c1-5-6(8(13)4-12)2-3-7(10)9(5)11/h2-3H,4,12H2,1H3. The lowest BCUT2D eigenvalue weighted by molar-refractivity contribution is 0.100. The number of Topliss-reactive ketones (excluding diaryl/α,β-unsaturated/α-hetero) is 1. The number of benzene rings is 1. The Labute approximate surface area is 80.5 Å². The fourth-order valence-electron chi connectivity index (χ4n) is 1.06. The minimum Gasteiger partial charge on any atom is -0.324 e. The van der Waals surface area contributed by atoms with E-state index in [4.69, 9.17) is 17.3 Å². The van der Waals surface area contributed by atoms with Gasteiger partial charge in [-0.05, 0) is 24.6 Å². The van der Waals surface area contributed by atoms with Gasteiger partial charge < -0.3 is 5.73 Å². The zero-order chi connectivity index (χ0) is 10.0. The highest BCUT2D eigenvalue weighted by molar-refractivity contribution is 6.31. The van der Waals surface area contributed by atoms with E-state index in [1.54, 1.807) is 0 Å². The third-order valence-electron chi connectivity index (χ3n) is 1.83. The summed E-state index contributed by atoms with van der Waals surface area (Å²) in [6.45, 7) is 1.38. The van der Waals surface area contributed by atoms with E-state index in [2.05, 4.69) is 0 Å². The van der Waals surface area contributed by atoms with Gasteiger partial charge in [0.15, 0.2) is 5.78 Å². The third-order valence-corrected chi connectivity index (χ3v) is 2.12. The predicted octanol–water partition coefficient (Wildman–Crippen LogP) is 1.93. The molecule has 0 aliphatic heterocycles. The summed E-state index contributed by atoms with van der Waals surface area (Å²) in [6, 6.07) is 2.84. The second-order valence-corrected chi connectivity index (χ2v) is 3.07. The number of nitrogens with two attached hydrogens (primary N) is 1. The van der Waals surface area contributed by atoms with Crippen molar-refractivity contribution >= 4 is 17.4 Å². The first kappa shape index (κ1) is 10.2. The largest absolute Gasteiger partial charge is 0.324 e. The van der Waals surface area contributed by atoms with Crippen LogP contribution in [0.3, 0.4) is 0 Å². The first-order chi connectivity index (χ1) is 6.07. The van der Waals surface area contributed by atoms with Crippen LogP contribution in [0.4, 0.5) is 4.39 Å². The lowest BCUT2D eigenvalue weighted by Gasteiger charge is -2.05. The van der Waals surface area contributed by atoms with E-state index in [1.807, 2.05) is 0 Å². The molecular weight excluding hydrogens is 193 g/mol. The summed E-state index contributed by atoms with van der Waals surface area (Å²) < 4.78 is 13.2. The fraction of sp³-hybridized carbons (Fsp3) is 0.222. The van der Waals surface area contributed by atoms with E-state index in [0.29, 0.717) is 5.56 Å². The Hall–Kier alpha value is -0.930. The van der Waals surface area contributed by atoms with Gasteiger partial charge in [-0.2, -0.15) is 0 Å². The first-order valence-electron chi connectivity index (χ1n) is 3.75. The topological polar surface area (TPSA) is 43.1 Å². The smallest absolute Gasteiger partial charge is 0.176 e. The number of halogens is 2. The summed E-state index contributed by atoms with van der Waals surface area (Å²) in [5.41, 5.74) is 5.70. The minimum atomic E-state index is -0.555. The van der Waals surface area contributed by atoms with Gasteiger partial charge in [-0.3, -0.25) is 4.79 Å². The predicted molar refractivity (Wildman–Crippen MR) is 49.5 cm³/mol. The van der Waals surface area contributed by atoms with Crippen molar-refractivity contribution in [2.75, 3.05) is 6.54 Å². The molecule has 13 heavy (non-hydrogen) atoms. The lowest BCUT2D eigenvalue weighted by atomic mass is 10.0. The molecule has 2 N–H and O–H groups in total. The molecule has 1 aromatic rings. The zero-order valence-electron chi connectivity index (χ0n) is 7.10. The Morgan fingerprint density at radius 3 is 2.77 bits per heavy atom. The third kappa shape index (κ3) is 1.87. The average molecular weight is 202 g/mol. The monoisotopic (exact) mass is 201 g/mol. The second-order valence-electron chi connectivity index (χ2n) is 2.66. The maximum absolute atomic E-state index is 13.2. The molecule has 0 aromatic heterocycles. The van der Waals surface area contributed by atoms with Crippen LogP contribution in [0.2, 0.25) is 5.02 Å². The Morgan fingerprint density at radius 2 is 2.23 bits per heavy atom. The number of carbonyl (C=O) groups is 1. The van der Waals surface area contributed by atoms with Crippen LogP contribution in [-0.2, 0) is 0 Å². The summed E-state index contributed by atoms with van der Waals surface area (Å²) in [4.78, 5) is 11.2. The highest BCUT2D eigenvalue weighted by Crippen LogP contribution is 2.21. The molecule has 0 bridgehead atoms. The Morgan fingerprint density at radius 1 is 1.62 bits per heavy atom. The Bertz CT molecular complexity index is 352. The number of ketones is 1. The molecule has 0 amide bonds. The molecule has 0 atom stereocenters. The van der Waals surface area contributed by atoms with Crippen molar-refractivity contribution in [1.29, 1.82) is 0 Å². The number of carbonyl (C=O) groups excluding carboxylic acids is 1. The van der Waals surface area contributed by atoms with Crippen molar-refractivity contribution in [2.45, 2.75) is 6.92 Å². The molecule has 0 heterocycles. The van der Waals surface area contributed by atoms with Gasteiger partial charge in [-0.1, -0.05) is 11.6 Å². The van der Waals surface area contributed by atoms with Gasteiger partial charge in [-0.15, -0.1) is 0 Å². The van der Waals surface area contributed by atoms with E-state index >= 15 is 0 Å². The van der Waals surface area contributed by atoms with Crippen molar-refractivity contribution in [2.24, 2.45) is 5.73 Å². The molecule has 1 rings (SSSR count). The highest BCUT2D eigenvalue weighted by atomic mass is 35.5. The molecular formula is C9H9ClFNO. The molecule has 0 spiro atoms. The summed E-state index contributed by atoms with van der Waals surface area (Å²) in [6.07, 6.45) is 0. The summed E-state index contributed by atoms with van der Waals surface area (Å²) >= 11 is 5.52.